The Labute approximate surface area is 331 Å². The number of methoxy groups -OCH3 is 1. The lowest BCUT2D eigenvalue weighted by Crippen LogP contribution is -3.00. The summed E-state index contributed by atoms with van der Waals surface area (Å²) in [5.41, 5.74) is 6.16. The Morgan fingerprint density at radius 3 is 2.20 bits per heavy atom. The summed E-state index contributed by atoms with van der Waals surface area (Å²) in [6, 6.07) is 39.3. The molecule has 0 aliphatic carbocycles. The third kappa shape index (κ3) is 9.31. The smallest absolute Gasteiger partial charge is 0.282 e. The van der Waals surface area contributed by atoms with E-state index in [0.29, 0.717) is 0 Å². The molecule has 0 amide bonds. The maximum absolute atomic E-state index is 5.81. The summed E-state index contributed by atoms with van der Waals surface area (Å²) < 4.78 is 9.21. The number of pyridine rings is 1. The molecule has 5 nitrogen and oxygen atoms in total. The van der Waals surface area contributed by atoms with Crippen molar-refractivity contribution in [2.24, 2.45) is 0 Å². The van der Waals surface area contributed by atoms with Crippen LogP contribution < -0.4 is 67.1 Å². The molecule has 2 heterocycles. The van der Waals surface area contributed by atoms with Gasteiger partial charge in [-0.3, -0.25) is 4.90 Å². The number of anilines is 2. The highest BCUT2D eigenvalue weighted by Gasteiger charge is 2.28. The number of ether oxygens (including phenoxy) is 1. The molecule has 4 aromatic carbocycles. The molecule has 1 aromatic heterocycles. The number of para-hydroxylation sites is 2. The second kappa shape index (κ2) is 17.9. The van der Waals surface area contributed by atoms with Crippen LogP contribution in [0.3, 0.4) is 0 Å². The van der Waals surface area contributed by atoms with Crippen LogP contribution in [0.1, 0.15) is 37.3 Å². The molecule has 0 N–H and O–H groups in total. The molecule has 49 heavy (non-hydrogen) atoms. The van der Waals surface area contributed by atoms with Crippen molar-refractivity contribution in [3.8, 4) is 11.4 Å². The van der Waals surface area contributed by atoms with Crippen LogP contribution >= 0.6 is 11.8 Å². The van der Waals surface area contributed by atoms with E-state index in [9.17, 15) is 0 Å². The molecule has 0 fully saturated rings. The van der Waals surface area contributed by atoms with Gasteiger partial charge in [0, 0.05) is 41.4 Å². The number of quaternary nitrogens is 1. The lowest BCUT2D eigenvalue weighted by molar-refractivity contribution is -0.903. The molecule has 1 aliphatic rings. The fourth-order valence-electron chi connectivity index (χ4n) is 6.59. The average molecular weight is 899 g/mol. The van der Waals surface area contributed by atoms with E-state index >= 15 is 0 Å². The highest BCUT2D eigenvalue weighted by atomic mass is 127. The molecule has 0 unspecified atom stereocenters. The van der Waals surface area contributed by atoms with Gasteiger partial charge in [-0.1, -0.05) is 85.8 Å². The molecule has 8 heteroatoms. The van der Waals surface area contributed by atoms with Gasteiger partial charge in [-0.25, -0.2) is 0 Å². The summed E-state index contributed by atoms with van der Waals surface area (Å²) in [6.45, 7) is 6.40. The lowest BCUT2D eigenvalue weighted by Gasteiger charge is -2.30. The molecular formula is C41H48I2N4OS. The number of fused-ring (bicyclic) bond motifs is 2. The zero-order valence-electron chi connectivity index (χ0n) is 29.3. The van der Waals surface area contributed by atoms with E-state index in [0.717, 1.165) is 66.9 Å². The number of aromatic nitrogens is 1. The van der Waals surface area contributed by atoms with Gasteiger partial charge in [0.05, 0.1) is 51.6 Å². The van der Waals surface area contributed by atoms with Crippen molar-refractivity contribution < 1.29 is 61.7 Å². The van der Waals surface area contributed by atoms with Gasteiger partial charge in [-0.15, -0.1) is 0 Å². The topological polar surface area (TPSA) is 19.6 Å². The Hall–Kier alpha value is -2.80. The number of benzene rings is 4. The number of nitrogens with zero attached hydrogens (tertiary/aromatic N) is 4. The molecule has 0 spiro atoms. The summed E-state index contributed by atoms with van der Waals surface area (Å²) in [4.78, 5) is 6.23. The van der Waals surface area contributed by atoms with Gasteiger partial charge in [0.15, 0.2) is 0 Å². The van der Waals surface area contributed by atoms with E-state index in [1.807, 2.05) is 11.8 Å². The molecule has 1 aliphatic heterocycles. The Kier molecular flexibility index (Phi) is 14.3. The van der Waals surface area contributed by atoms with Gasteiger partial charge >= 0.3 is 0 Å². The van der Waals surface area contributed by atoms with Crippen LogP contribution in [0.15, 0.2) is 119 Å². The molecule has 0 bridgehead atoms. The summed E-state index contributed by atoms with van der Waals surface area (Å²) in [5, 5.41) is 2.43. The SMILES string of the molecule is CCCCN(CCC[N+](C)(C)Cc1ccccc1)c1cc(C=C2Sc3ccccc3N2C)c2ccc(OC)cc2[n+]1-c1ccccc1.[I-].[I-]. The molecule has 6 rings (SSSR count). The predicted molar refractivity (Wildman–Crippen MR) is 200 cm³/mol. The van der Waals surface area contributed by atoms with Gasteiger partial charge in [0.2, 0.25) is 0 Å². The van der Waals surface area contributed by atoms with E-state index in [1.165, 1.54) is 37.9 Å². The van der Waals surface area contributed by atoms with Crippen LogP contribution in [-0.2, 0) is 6.54 Å². The van der Waals surface area contributed by atoms with Crippen molar-refractivity contribution in [2.75, 3.05) is 57.7 Å². The lowest BCUT2D eigenvalue weighted by atomic mass is 10.1. The highest BCUT2D eigenvalue weighted by molar-refractivity contribution is 8.03. The third-order valence-corrected chi connectivity index (χ3v) is 10.3. The minimum atomic E-state index is 0. The van der Waals surface area contributed by atoms with Crippen molar-refractivity contribution in [1.29, 1.82) is 0 Å². The van der Waals surface area contributed by atoms with Crippen molar-refractivity contribution in [3.05, 3.63) is 125 Å². The second-order valence-corrected chi connectivity index (χ2v) is 14.2. The standard InChI is InChI=1S/C41H48N4OS.2HI/c1-6-7-25-43(26-16-27-45(3,4)31-32-17-10-8-11-18-32)40-28-33(29-41-42(2)37-21-14-15-22-39(37)47-41)36-24-23-35(46-5)30-38(36)44(40)34-19-12-9-13-20-34;;/h8-15,17-24,28-30H,6-7,16,25-27,31H2,1-5H3;2*1H/q+2;;/p-2. The Balaban J connectivity index is 0.00000270. The fourth-order valence-corrected chi connectivity index (χ4v) is 7.69. The first kappa shape index (κ1) is 39.0. The largest absolute Gasteiger partial charge is 1.00 e. The molecule has 0 saturated carbocycles. The number of hydrogen-bond donors (Lipinski definition) is 0. The van der Waals surface area contributed by atoms with Crippen molar-refractivity contribution in [2.45, 2.75) is 37.6 Å². The van der Waals surface area contributed by atoms with E-state index in [2.05, 4.69) is 158 Å². The average Bonchev–Trinajstić information content (AvgIpc) is 3.40. The number of rotatable bonds is 13. The van der Waals surface area contributed by atoms with E-state index in [1.54, 1.807) is 7.11 Å². The van der Waals surface area contributed by atoms with Crippen molar-refractivity contribution in [3.63, 3.8) is 0 Å². The number of hydrogen-bond acceptors (Lipinski definition) is 4. The monoisotopic (exact) mass is 898 g/mol. The summed E-state index contributed by atoms with van der Waals surface area (Å²) in [7, 11) is 8.64. The Morgan fingerprint density at radius 2 is 1.51 bits per heavy atom. The second-order valence-electron chi connectivity index (χ2n) is 13.1. The molecule has 0 radical (unpaired) electrons. The number of halogens is 2. The molecule has 0 saturated heterocycles. The first-order valence-electron chi connectivity index (χ1n) is 16.8. The number of thioether (sulfide) groups is 1. The van der Waals surface area contributed by atoms with Crippen LogP contribution in [0.4, 0.5) is 11.5 Å². The molecule has 258 valence electrons. The van der Waals surface area contributed by atoms with Gasteiger partial charge in [0.1, 0.15) is 23.5 Å². The van der Waals surface area contributed by atoms with E-state index < -0.39 is 0 Å². The molecular weight excluding hydrogens is 850 g/mol. The predicted octanol–water partition coefficient (Wildman–Crippen LogP) is 2.95. The first-order chi connectivity index (χ1) is 22.9. The zero-order chi connectivity index (χ0) is 32.8. The minimum absolute atomic E-state index is 0. The summed E-state index contributed by atoms with van der Waals surface area (Å²) >= 11 is 1.84. The maximum Gasteiger partial charge on any atom is 0.282 e. The molecule has 5 aromatic rings. The van der Waals surface area contributed by atoms with Gasteiger partial charge in [-0.2, -0.15) is 4.57 Å². The van der Waals surface area contributed by atoms with Crippen molar-refractivity contribution in [1.82, 2.24) is 0 Å². The minimum Gasteiger partial charge on any atom is -1.00 e. The van der Waals surface area contributed by atoms with Crippen LogP contribution in [0.25, 0.3) is 22.7 Å². The van der Waals surface area contributed by atoms with Crippen LogP contribution in [0, 0.1) is 0 Å². The normalized spacial score (nSPS) is 13.2. The quantitative estimate of drug-likeness (QED) is 0.103. The van der Waals surface area contributed by atoms with Gasteiger partial charge in [-0.05, 0) is 54.5 Å². The fraction of sp³-hybridized carbons (Fsp3) is 0.293. The molecule has 0 atom stereocenters. The summed E-state index contributed by atoms with van der Waals surface area (Å²) in [6.07, 6.45) is 5.75. The third-order valence-electron chi connectivity index (χ3n) is 9.09. The van der Waals surface area contributed by atoms with E-state index in [-0.39, 0.29) is 48.0 Å². The van der Waals surface area contributed by atoms with Gasteiger partial charge < -0.3 is 62.1 Å². The van der Waals surface area contributed by atoms with Crippen LogP contribution in [0.5, 0.6) is 5.75 Å². The summed E-state index contributed by atoms with van der Waals surface area (Å²) in [5.74, 6) is 2.08. The number of unbranched alkanes of at least 4 members (excludes halogenated alkanes) is 1. The highest BCUT2D eigenvalue weighted by Crippen LogP contribution is 2.46. The van der Waals surface area contributed by atoms with Crippen molar-refractivity contribution >= 4 is 40.2 Å². The van der Waals surface area contributed by atoms with Crippen LogP contribution in [-0.4, -0.2) is 52.4 Å². The first-order valence-corrected chi connectivity index (χ1v) is 17.6. The van der Waals surface area contributed by atoms with E-state index in [4.69, 9.17) is 4.74 Å². The van der Waals surface area contributed by atoms with Gasteiger partial charge in [0.25, 0.3) is 5.82 Å². The maximum atomic E-state index is 5.81. The Morgan fingerprint density at radius 1 is 0.837 bits per heavy atom. The van der Waals surface area contributed by atoms with Crippen LogP contribution in [0.2, 0.25) is 0 Å². The zero-order valence-corrected chi connectivity index (χ0v) is 34.4. The Bertz CT molecular complexity index is 1850.